The summed E-state index contributed by atoms with van der Waals surface area (Å²) in [4.78, 5) is 13.3. The number of rotatable bonds is 8. The van der Waals surface area contributed by atoms with Gasteiger partial charge in [0.05, 0.1) is 0 Å². The number of ketones is 1. The van der Waals surface area contributed by atoms with Gasteiger partial charge in [0.1, 0.15) is 13.2 Å². The second kappa shape index (κ2) is 11.7. The van der Waals surface area contributed by atoms with Crippen LogP contribution in [0.4, 0.5) is 8.78 Å². The third-order valence-corrected chi connectivity index (χ3v) is 6.35. The Labute approximate surface area is 220 Å². The van der Waals surface area contributed by atoms with Crippen LogP contribution in [0, 0.1) is 11.6 Å². The lowest BCUT2D eigenvalue weighted by Gasteiger charge is -2.11. The number of hydrogen-bond donors (Lipinski definition) is 0. The lowest BCUT2D eigenvalue weighted by atomic mass is 10.1. The Kier molecular flexibility index (Phi) is 7.74. The number of carbonyl (C=O) groups excluding carboxylic acids is 1. The monoisotopic (exact) mass is 508 g/mol. The van der Waals surface area contributed by atoms with Crippen molar-refractivity contribution in [3.63, 3.8) is 0 Å². The number of allylic oxidation sites excluding steroid dienone is 2. The zero-order chi connectivity index (χ0) is 26.3. The van der Waals surface area contributed by atoms with E-state index in [0.717, 1.165) is 11.1 Å². The molecule has 0 radical (unpaired) electrons. The first kappa shape index (κ1) is 25.2. The van der Waals surface area contributed by atoms with E-state index in [1.165, 1.54) is 12.1 Å². The van der Waals surface area contributed by atoms with Gasteiger partial charge in [-0.15, -0.1) is 0 Å². The Morgan fingerprint density at radius 2 is 1.00 bits per heavy atom. The van der Waals surface area contributed by atoms with Crippen molar-refractivity contribution in [2.45, 2.75) is 26.1 Å². The Hall–Kier alpha value is -4.51. The zero-order valence-electron chi connectivity index (χ0n) is 20.7. The molecule has 5 rings (SSSR count). The summed E-state index contributed by atoms with van der Waals surface area (Å²) in [5.74, 6) is -0.916. The predicted molar refractivity (Wildman–Crippen MR) is 145 cm³/mol. The second-order valence-corrected chi connectivity index (χ2v) is 9.03. The summed E-state index contributed by atoms with van der Waals surface area (Å²) in [6.45, 7) is 0.421. The fraction of sp³-hybridized carbons (Fsp3) is 0.121. The van der Waals surface area contributed by atoms with Crippen molar-refractivity contribution in [1.82, 2.24) is 0 Å². The average Bonchev–Trinajstić information content (AvgIpc) is 3.27. The van der Waals surface area contributed by atoms with Gasteiger partial charge in [-0.2, -0.15) is 0 Å². The third-order valence-electron chi connectivity index (χ3n) is 6.35. The van der Waals surface area contributed by atoms with Crippen molar-refractivity contribution in [2.24, 2.45) is 0 Å². The molecule has 0 bridgehead atoms. The summed E-state index contributed by atoms with van der Waals surface area (Å²) in [6.07, 6.45) is 4.36. The van der Waals surface area contributed by atoms with Gasteiger partial charge >= 0.3 is 0 Å². The van der Waals surface area contributed by atoms with Gasteiger partial charge in [0.2, 0.25) is 0 Å². The minimum atomic E-state index is -0.489. The fourth-order valence-corrected chi connectivity index (χ4v) is 4.40. The van der Waals surface area contributed by atoms with E-state index in [4.69, 9.17) is 9.47 Å². The lowest BCUT2D eigenvalue weighted by molar-refractivity contribution is -0.111. The number of para-hydroxylation sites is 2. The third kappa shape index (κ3) is 5.89. The molecular weight excluding hydrogens is 482 g/mol. The van der Waals surface area contributed by atoms with Gasteiger partial charge in [-0.1, -0.05) is 84.9 Å². The smallest absolute Gasteiger partial charge is 0.185 e. The van der Waals surface area contributed by atoms with Crippen LogP contribution in [-0.2, 0) is 18.0 Å². The minimum Gasteiger partial charge on any atom is -0.485 e. The van der Waals surface area contributed by atoms with Crippen molar-refractivity contribution in [2.75, 3.05) is 0 Å². The van der Waals surface area contributed by atoms with Crippen molar-refractivity contribution >= 4 is 17.9 Å². The largest absolute Gasteiger partial charge is 0.485 e. The van der Waals surface area contributed by atoms with Crippen LogP contribution in [0.3, 0.4) is 0 Å². The molecule has 0 unspecified atom stereocenters. The van der Waals surface area contributed by atoms with E-state index in [-0.39, 0.29) is 30.5 Å². The fourth-order valence-electron chi connectivity index (χ4n) is 4.40. The summed E-state index contributed by atoms with van der Waals surface area (Å²) >= 11 is 0. The summed E-state index contributed by atoms with van der Waals surface area (Å²) in [5, 5.41) is 0. The second-order valence-electron chi connectivity index (χ2n) is 9.03. The number of halogens is 2. The zero-order valence-corrected chi connectivity index (χ0v) is 20.7. The minimum absolute atomic E-state index is 0.107. The first-order chi connectivity index (χ1) is 18.6. The molecule has 0 heterocycles. The van der Waals surface area contributed by atoms with Crippen molar-refractivity contribution in [1.29, 1.82) is 0 Å². The summed E-state index contributed by atoms with van der Waals surface area (Å²) in [5.41, 5.74) is 3.93. The van der Waals surface area contributed by atoms with Gasteiger partial charge in [0.15, 0.2) is 28.9 Å². The molecule has 0 N–H and O–H groups in total. The van der Waals surface area contributed by atoms with Gasteiger partial charge in [0.25, 0.3) is 0 Å². The lowest BCUT2D eigenvalue weighted by Crippen LogP contribution is -2.01. The van der Waals surface area contributed by atoms with Crippen molar-refractivity contribution in [3.8, 4) is 11.5 Å². The summed E-state index contributed by atoms with van der Waals surface area (Å²) in [7, 11) is 0. The molecule has 4 aromatic rings. The van der Waals surface area contributed by atoms with E-state index in [1.807, 2.05) is 60.7 Å². The average molecular weight is 509 g/mol. The van der Waals surface area contributed by atoms with E-state index in [0.29, 0.717) is 35.1 Å². The molecular formula is C33H26F2O3. The number of ether oxygens (including phenoxy) is 2. The number of hydrogen-bond acceptors (Lipinski definition) is 3. The highest BCUT2D eigenvalue weighted by atomic mass is 19.1. The van der Waals surface area contributed by atoms with Crippen molar-refractivity contribution < 1.29 is 23.0 Å². The maximum Gasteiger partial charge on any atom is 0.185 e. The van der Waals surface area contributed by atoms with Crippen LogP contribution in [0.5, 0.6) is 11.5 Å². The Morgan fingerprint density at radius 3 is 1.42 bits per heavy atom. The molecule has 190 valence electrons. The number of benzene rings is 4. The van der Waals surface area contributed by atoms with Crippen molar-refractivity contribution in [3.05, 3.63) is 142 Å². The van der Waals surface area contributed by atoms with Gasteiger partial charge in [-0.25, -0.2) is 8.78 Å². The van der Waals surface area contributed by atoms with E-state index in [1.54, 1.807) is 36.4 Å². The molecule has 3 nitrogen and oxygen atoms in total. The van der Waals surface area contributed by atoms with E-state index in [2.05, 4.69) is 0 Å². The van der Waals surface area contributed by atoms with Gasteiger partial charge in [0, 0.05) is 22.3 Å². The molecule has 0 atom stereocenters. The van der Waals surface area contributed by atoms with Gasteiger partial charge in [-0.3, -0.25) is 4.79 Å². The number of Topliss-reactive ketones (excluding diaryl/α,β-unsaturated/α-hetero) is 1. The van der Waals surface area contributed by atoms with Crippen LogP contribution >= 0.6 is 0 Å². The maximum atomic E-state index is 14.7. The normalized spacial score (nSPS) is 15.3. The first-order valence-corrected chi connectivity index (χ1v) is 12.4. The molecule has 1 aliphatic carbocycles. The highest BCUT2D eigenvalue weighted by Crippen LogP contribution is 2.34. The van der Waals surface area contributed by atoms with Crippen LogP contribution in [-0.4, -0.2) is 5.78 Å². The Morgan fingerprint density at radius 1 is 0.579 bits per heavy atom. The predicted octanol–water partition coefficient (Wildman–Crippen LogP) is 7.95. The Bertz CT molecular complexity index is 1380. The van der Waals surface area contributed by atoms with E-state index < -0.39 is 11.6 Å². The molecule has 0 aromatic heterocycles. The van der Waals surface area contributed by atoms with E-state index in [9.17, 15) is 13.6 Å². The van der Waals surface area contributed by atoms with Crippen LogP contribution in [0.1, 0.15) is 35.1 Å². The molecule has 38 heavy (non-hydrogen) atoms. The van der Waals surface area contributed by atoms with Crippen LogP contribution in [0.15, 0.2) is 108 Å². The molecule has 1 aliphatic rings. The van der Waals surface area contributed by atoms with Gasteiger partial charge < -0.3 is 9.47 Å². The molecule has 1 saturated carbocycles. The van der Waals surface area contributed by atoms with E-state index >= 15 is 0 Å². The molecule has 1 fully saturated rings. The molecule has 0 amide bonds. The molecule has 0 aliphatic heterocycles. The standard InChI is InChI=1S/C33H26F2O3/c34-29-15-7-13-27(32(29)37-21-23-9-3-1-4-10-23)19-25-17-18-26(31(25)36)20-28-14-8-16-30(35)33(28)38-22-24-11-5-2-6-12-24/h1-16,19-20H,17-18,21-22H2/b25-19+,26-20+. The highest BCUT2D eigenvalue weighted by molar-refractivity contribution is 6.15. The quantitative estimate of drug-likeness (QED) is 0.227. The van der Waals surface area contributed by atoms with Gasteiger partial charge in [-0.05, 0) is 48.3 Å². The molecule has 0 spiro atoms. The summed E-state index contributed by atoms with van der Waals surface area (Å²) in [6, 6.07) is 28.3. The summed E-state index contributed by atoms with van der Waals surface area (Å²) < 4.78 is 41.0. The Balaban J connectivity index is 1.37. The molecule has 4 aromatic carbocycles. The molecule has 0 saturated heterocycles. The maximum absolute atomic E-state index is 14.7. The number of carbonyl (C=O) groups is 1. The topological polar surface area (TPSA) is 35.5 Å². The molecule has 5 heteroatoms. The van der Waals surface area contributed by atoms with Crippen LogP contribution < -0.4 is 9.47 Å². The first-order valence-electron chi connectivity index (χ1n) is 12.4. The SMILES string of the molecule is O=C1/C(=C/c2cccc(F)c2OCc2ccccc2)CC/C1=C\c1cccc(F)c1OCc1ccccc1. The highest BCUT2D eigenvalue weighted by Gasteiger charge is 2.24. The van der Waals surface area contributed by atoms with Crippen LogP contribution in [0.25, 0.3) is 12.2 Å². The van der Waals surface area contributed by atoms with Crippen LogP contribution in [0.2, 0.25) is 0 Å².